The number of allylic oxidation sites excluding steroid dienone is 1. The second-order valence-corrected chi connectivity index (χ2v) is 6.02. The first-order chi connectivity index (χ1) is 11.9. The molecule has 1 N–H and O–H groups in total. The molecule has 1 aromatic heterocycles. The highest BCUT2D eigenvalue weighted by atomic mass is 35.5. The number of amides is 2. The van der Waals surface area contributed by atoms with E-state index in [1.807, 2.05) is 18.2 Å². The average molecular weight is 361 g/mol. The summed E-state index contributed by atoms with van der Waals surface area (Å²) in [6.45, 7) is 1.69. The van der Waals surface area contributed by atoms with Gasteiger partial charge in [-0.25, -0.2) is 9.59 Å². The van der Waals surface area contributed by atoms with Gasteiger partial charge in [-0.05, 0) is 31.2 Å². The largest absolute Gasteiger partial charge is 0.466 e. The number of carbonyl (C=O) groups is 2. The van der Waals surface area contributed by atoms with Gasteiger partial charge in [0.25, 0.3) is 0 Å². The van der Waals surface area contributed by atoms with Crippen molar-refractivity contribution in [1.82, 2.24) is 10.2 Å². The standard InChI is InChI=1S/C18H17ClN2O4/c1-10-15(17(22)24-3)16(20-18(23)21(10)2)14-9-8-13(25-14)11-6-4-5-7-12(11)19/h4-9,16H,1-3H3,(H,20,23). The SMILES string of the molecule is COC(=O)C1=C(C)N(C)C(=O)NC1c1ccc(-c2ccccc2Cl)o1. The van der Waals surface area contributed by atoms with Crippen molar-refractivity contribution in [2.75, 3.05) is 14.2 Å². The molecule has 1 aliphatic rings. The third-order valence-corrected chi connectivity index (χ3v) is 4.54. The molecule has 1 atom stereocenters. The Kier molecular flexibility index (Phi) is 4.55. The van der Waals surface area contributed by atoms with Gasteiger partial charge in [0.2, 0.25) is 0 Å². The number of nitrogens with one attached hydrogen (secondary N) is 1. The lowest BCUT2D eigenvalue weighted by atomic mass is 10.0. The third-order valence-electron chi connectivity index (χ3n) is 4.21. The van der Waals surface area contributed by atoms with Crippen molar-refractivity contribution in [3.05, 3.63) is 58.5 Å². The van der Waals surface area contributed by atoms with E-state index < -0.39 is 12.0 Å². The molecule has 1 aromatic carbocycles. The maximum Gasteiger partial charge on any atom is 0.338 e. The number of benzene rings is 1. The van der Waals surface area contributed by atoms with Crippen molar-refractivity contribution >= 4 is 23.6 Å². The molecule has 3 rings (SSSR count). The van der Waals surface area contributed by atoms with Crippen LogP contribution in [0.25, 0.3) is 11.3 Å². The Morgan fingerprint density at radius 2 is 2.00 bits per heavy atom. The van der Waals surface area contributed by atoms with Gasteiger partial charge in [-0.2, -0.15) is 0 Å². The number of hydrogen-bond donors (Lipinski definition) is 1. The molecule has 0 radical (unpaired) electrons. The van der Waals surface area contributed by atoms with Gasteiger partial charge < -0.3 is 19.4 Å². The fourth-order valence-electron chi connectivity index (χ4n) is 2.74. The predicted octanol–water partition coefficient (Wildman–Crippen LogP) is 3.74. The van der Waals surface area contributed by atoms with Crippen LogP contribution in [0.1, 0.15) is 18.7 Å². The highest BCUT2D eigenvalue weighted by Crippen LogP contribution is 2.35. The molecule has 0 saturated carbocycles. The van der Waals surface area contributed by atoms with Gasteiger partial charge in [0.15, 0.2) is 0 Å². The zero-order valence-electron chi connectivity index (χ0n) is 14.0. The fraction of sp³-hybridized carbons (Fsp3) is 0.222. The van der Waals surface area contributed by atoms with Crippen molar-refractivity contribution in [2.24, 2.45) is 0 Å². The average Bonchev–Trinajstić information content (AvgIpc) is 3.09. The highest BCUT2D eigenvalue weighted by Gasteiger charge is 2.36. The van der Waals surface area contributed by atoms with Crippen LogP contribution in [0, 0.1) is 0 Å². The molecule has 6 nitrogen and oxygen atoms in total. The molecule has 2 heterocycles. The lowest BCUT2D eigenvalue weighted by Crippen LogP contribution is -2.46. The number of furan rings is 1. The monoisotopic (exact) mass is 360 g/mol. The molecular weight excluding hydrogens is 344 g/mol. The summed E-state index contributed by atoms with van der Waals surface area (Å²) in [5.74, 6) is 0.455. The normalized spacial score (nSPS) is 17.5. The van der Waals surface area contributed by atoms with Crippen LogP contribution in [0.15, 0.2) is 52.1 Å². The Labute approximate surface area is 150 Å². The van der Waals surface area contributed by atoms with E-state index in [2.05, 4.69) is 5.32 Å². The summed E-state index contributed by atoms with van der Waals surface area (Å²) in [5, 5.41) is 3.31. The van der Waals surface area contributed by atoms with Crippen molar-refractivity contribution in [3.63, 3.8) is 0 Å². The minimum absolute atomic E-state index is 0.324. The summed E-state index contributed by atoms with van der Waals surface area (Å²) >= 11 is 6.20. The van der Waals surface area contributed by atoms with Gasteiger partial charge in [0.1, 0.15) is 17.6 Å². The Morgan fingerprint density at radius 1 is 1.28 bits per heavy atom. The summed E-state index contributed by atoms with van der Waals surface area (Å²) in [6.07, 6.45) is 0. The fourth-order valence-corrected chi connectivity index (χ4v) is 2.97. The third kappa shape index (κ3) is 3.00. The Balaban J connectivity index is 2.05. The Bertz CT molecular complexity index is 871. The lowest BCUT2D eigenvalue weighted by molar-refractivity contribution is -0.136. The molecule has 0 spiro atoms. The van der Waals surface area contributed by atoms with Crippen LogP contribution >= 0.6 is 11.6 Å². The number of methoxy groups -OCH3 is 1. The van der Waals surface area contributed by atoms with Crippen LogP contribution in [-0.2, 0) is 9.53 Å². The number of rotatable bonds is 3. The van der Waals surface area contributed by atoms with Gasteiger partial charge in [-0.1, -0.05) is 23.7 Å². The number of ether oxygens (including phenoxy) is 1. The minimum atomic E-state index is -0.729. The van der Waals surface area contributed by atoms with Gasteiger partial charge in [0.05, 0.1) is 17.7 Å². The molecule has 2 amide bonds. The van der Waals surface area contributed by atoms with E-state index in [4.69, 9.17) is 20.8 Å². The molecule has 0 fully saturated rings. The Hall–Kier alpha value is -2.73. The summed E-state index contributed by atoms with van der Waals surface area (Å²) in [4.78, 5) is 25.7. The van der Waals surface area contributed by atoms with Crippen LogP contribution < -0.4 is 5.32 Å². The molecule has 7 heteroatoms. The first kappa shape index (κ1) is 17.1. The second kappa shape index (κ2) is 6.64. The molecule has 0 aliphatic carbocycles. The van der Waals surface area contributed by atoms with Crippen LogP contribution in [0.2, 0.25) is 5.02 Å². The molecule has 130 valence electrons. The van der Waals surface area contributed by atoms with E-state index in [9.17, 15) is 9.59 Å². The highest BCUT2D eigenvalue weighted by molar-refractivity contribution is 6.33. The number of esters is 1. The van der Waals surface area contributed by atoms with E-state index in [0.29, 0.717) is 27.8 Å². The first-order valence-corrected chi connectivity index (χ1v) is 7.99. The summed E-state index contributed by atoms with van der Waals surface area (Å²) in [7, 11) is 2.88. The number of carbonyl (C=O) groups excluding carboxylic acids is 2. The number of hydrogen-bond acceptors (Lipinski definition) is 4. The van der Waals surface area contributed by atoms with Crippen molar-refractivity contribution in [3.8, 4) is 11.3 Å². The van der Waals surface area contributed by atoms with E-state index in [1.165, 1.54) is 12.0 Å². The topological polar surface area (TPSA) is 71.8 Å². The van der Waals surface area contributed by atoms with E-state index in [-0.39, 0.29) is 6.03 Å². The summed E-state index contributed by atoms with van der Waals surface area (Å²) < 4.78 is 10.8. The van der Waals surface area contributed by atoms with Crippen LogP contribution in [0.4, 0.5) is 4.79 Å². The molecule has 1 unspecified atom stereocenters. The maximum atomic E-state index is 12.2. The van der Waals surface area contributed by atoms with Crippen LogP contribution in [0.3, 0.4) is 0 Å². The molecule has 25 heavy (non-hydrogen) atoms. The van der Waals surface area contributed by atoms with E-state index in [1.54, 1.807) is 32.2 Å². The zero-order valence-corrected chi connectivity index (χ0v) is 14.8. The number of urea groups is 1. The Morgan fingerprint density at radius 3 is 2.68 bits per heavy atom. The molecule has 0 saturated heterocycles. The second-order valence-electron chi connectivity index (χ2n) is 5.61. The van der Waals surface area contributed by atoms with Gasteiger partial charge in [-0.15, -0.1) is 0 Å². The predicted molar refractivity (Wildman–Crippen MR) is 92.9 cm³/mol. The smallest absolute Gasteiger partial charge is 0.338 e. The quantitative estimate of drug-likeness (QED) is 0.846. The molecular formula is C18H17ClN2O4. The molecule has 2 aromatic rings. The number of nitrogens with zero attached hydrogens (tertiary/aromatic N) is 1. The van der Waals surface area contributed by atoms with Crippen molar-refractivity contribution < 1.29 is 18.7 Å². The van der Waals surface area contributed by atoms with E-state index >= 15 is 0 Å². The van der Waals surface area contributed by atoms with Crippen LogP contribution in [-0.4, -0.2) is 31.1 Å². The first-order valence-electron chi connectivity index (χ1n) is 7.62. The van der Waals surface area contributed by atoms with Crippen molar-refractivity contribution in [1.29, 1.82) is 0 Å². The summed E-state index contributed by atoms with van der Waals surface area (Å²) in [6, 6.07) is 9.69. The van der Waals surface area contributed by atoms with E-state index in [0.717, 1.165) is 5.56 Å². The number of halogens is 1. The van der Waals surface area contributed by atoms with Crippen LogP contribution in [0.5, 0.6) is 0 Å². The van der Waals surface area contributed by atoms with Crippen molar-refractivity contribution in [2.45, 2.75) is 13.0 Å². The summed E-state index contributed by atoms with van der Waals surface area (Å²) in [5.41, 5.74) is 1.57. The van der Waals surface area contributed by atoms with Gasteiger partial charge >= 0.3 is 12.0 Å². The van der Waals surface area contributed by atoms with Gasteiger partial charge in [-0.3, -0.25) is 0 Å². The maximum absolute atomic E-state index is 12.2. The molecule has 1 aliphatic heterocycles. The van der Waals surface area contributed by atoms with Gasteiger partial charge in [0, 0.05) is 18.3 Å². The molecule has 0 bridgehead atoms. The minimum Gasteiger partial charge on any atom is -0.466 e. The zero-order chi connectivity index (χ0) is 18.1. The lowest BCUT2D eigenvalue weighted by Gasteiger charge is -2.31.